The first-order valence-corrected chi connectivity index (χ1v) is 6.67. The topological polar surface area (TPSA) is 42.7 Å². The lowest BCUT2D eigenvalue weighted by Crippen LogP contribution is -2.39. The second-order valence-electron chi connectivity index (χ2n) is 5.09. The van der Waals surface area contributed by atoms with Crippen LogP contribution in [0.5, 0.6) is 0 Å². The monoisotopic (exact) mass is 246 g/mol. The molecule has 0 aliphatic carbocycles. The minimum atomic E-state index is -0.134. The van der Waals surface area contributed by atoms with Crippen molar-refractivity contribution < 1.29 is 0 Å². The maximum atomic E-state index is 4.76. The highest BCUT2D eigenvalue weighted by Crippen LogP contribution is 2.23. The van der Waals surface area contributed by atoms with Crippen LogP contribution in [0.15, 0.2) is 18.3 Å². The fourth-order valence-electron chi connectivity index (χ4n) is 2.39. The van der Waals surface area contributed by atoms with Gasteiger partial charge in [-0.05, 0) is 38.9 Å². The summed E-state index contributed by atoms with van der Waals surface area (Å²) in [4.78, 5) is 9.23. The first kappa shape index (κ1) is 13.0. The maximum absolute atomic E-state index is 4.76. The summed E-state index contributed by atoms with van der Waals surface area (Å²) in [6, 6.07) is 3.97. The number of rotatable bonds is 5. The van der Waals surface area contributed by atoms with E-state index in [1.807, 2.05) is 18.3 Å². The molecule has 0 bridgehead atoms. The molecule has 2 aromatic rings. The van der Waals surface area contributed by atoms with Gasteiger partial charge in [0.1, 0.15) is 11.3 Å². The predicted octanol–water partition coefficient (Wildman–Crippen LogP) is 2.69. The van der Waals surface area contributed by atoms with E-state index in [0.717, 1.165) is 36.5 Å². The molecule has 4 nitrogen and oxygen atoms in total. The number of aryl methyl sites for hydroxylation is 1. The van der Waals surface area contributed by atoms with Gasteiger partial charge in [0.25, 0.3) is 0 Å². The number of nitrogens with zero attached hydrogens (tertiary/aromatic N) is 3. The summed E-state index contributed by atoms with van der Waals surface area (Å²) in [6.07, 6.45) is 2.91. The van der Waals surface area contributed by atoms with E-state index >= 15 is 0 Å². The molecule has 0 unspecified atom stereocenters. The van der Waals surface area contributed by atoms with Gasteiger partial charge in [-0.1, -0.05) is 13.8 Å². The Balaban J connectivity index is 2.58. The van der Waals surface area contributed by atoms with Crippen LogP contribution >= 0.6 is 0 Å². The van der Waals surface area contributed by atoms with E-state index in [9.17, 15) is 0 Å². The number of hydrogen-bond donors (Lipinski definition) is 1. The van der Waals surface area contributed by atoms with Crippen molar-refractivity contribution in [2.45, 2.75) is 46.2 Å². The van der Waals surface area contributed by atoms with E-state index in [-0.39, 0.29) is 5.54 Å². The third kappa shape index (κ3) is 2.25. The third-order valence-electron chi connectivity index (χ3n) is 3.13. The maximum Gasteiger partial charge on any atom is 0.160 e. The van der Waals surface area contributed by atoms with Crippen LogP contribution in [0.2, 0.25) is 0 Å². The van der Waals surface area contributed by atoms with Gasteiger partial charge in [0.2, 0.25) is 0 Å². The number of pyridine rings is 1. The molecule has 0 spiro atoms. The van der Waals surface area contributed by atoms with Crippen molar-refractivity contribution in [3.63, 3.8) is 0 Å². The van der Waals surface area contributed by atoms with Crippen LogP contribution in [0.25, 0.3) is 11.2 Å². The Morgan fingerprint density at radius 3 is 2.78 bits per heavy atom. The molecule has 0 saturated heterocycles. The lowest BCUT2D eigenvalue weighted by Gasteiger charge is -2.26. The van der Waals surface area contributed by atoms with E-state index in [4.69, 9.17) is 4.98 Å². The van der Waals surface area contributed by atoms with Crippen LogP contribution in [-0.4, -0.2) is 21.1 Å². The predicted molar refractivity (Wildman–Crippen MR) is 74.5 cm³/mol. The van der Waals surface area contributed by atoms with Crippen molar-refractivity contribution in [3.8, 4) is 0 Å². The Hall–Kier alpha value is -1.42. The number of aromatic nitrogens is 3. The normalized spacial score (nSPS) is 12.2. The van der Waals surface area contributed by atoms with E-state index < -0.39 is 0 Å². The van der Waals surface area contributed by atoms with E-state index in [2.05, 4.69) is 42.6 Å². The minimum Gasteiger partial charge on any atom is -0.311 e. The number of nitrogens with one attached hydrogen (secondary N) is 1. The molecule has 0 atom stereocenters. The van der Waals surface area contributed by atoms with Crippen molar-refractivity contribution >= 4 is 11.2 Å². The van der Waals surface area contributed by atoms with Crippen molar-refractivity contribution in [1.29, 1.82) is 0 Å². The van der Waals surface area contributed by atoms with E-state index in [1.165, 1.54) is 0 Å². The lowest BCUT2D eigenvalue weighted by molar-refractivity contribution is 0.374. The smallest absolute Gasteiger partial charge is 0.160 e. The molecular weight excluding hydrogens is 224 g/mol. The Morgan fingerprint density at radius 1 is 1.33 bits per heavy atom. The molecule has 2 aromatic heterocycles. The molecule has 4 heteroatoms. The Kier molecular flexibility index (Phi) is 3.66. The first-order chi connectivity index (χ1) is 8.60. The number of imidazole rings is 1. The van der Waals surface area contributed by atoms with E-state index in [0.29, 0.717) is 0 Å². The lowest BCUT2D eigenvalue weighted by atomic mass is 10.0. The second kappa shape index (κ2) is 5.06. The molecule has 1 N–H and O–H groups in total. The van der Waals surface area contributed by atoms with Crippen LogP contribution in [0, 0.1) is 0 Å². The number of fused-ring (bicyclic) bond motifs is 1. The van der Waals surface area contributed by atoms with Gasteiger partial charge in [-0.15, -0.1) is 0 Å². The van der Waals surface area contributed by atoms with Crippen LogP contribution < -0.4 is 5.32 Å². The van der Waals surface area contributed by atoms with Crippen molar-refractivity contribution in [2.24, 2.45) is 0 Å². The summed E-state index contributed by atoms with van der Waals surface area (Å²) < 4.78 is 2.23. The molecule has 2 heterocycles. The summed E-state index contributed by atoms with van der Waals surface area (Å²) in [5, 5.41) is 3.49. The summed E-state index contributed by atoms with van der Waals surface area (Å²) in [5.74, 6) is 1.07. The molecule has 0 saturated carbocycles. The Labute approximate surface area is 108 Å². The zero-order valence-electron chi connectivity index (χ0n) is 11.7. The minimum absolute atomic E-state index is 0.134. The molecule has 18 heavy (non-hydrogen) atoms. The van der Waals surface area contributed by atoms with E-state index in [1.54, 1.807) is 0 Å². The van der Waals surface area contributed by atoms with Gasteiger partial charge in [0.15, 0.2) is 5.65 Å². The summed E-state index contributed by atoms with van der Waals surface area (Å²) in [5.41, 5.74) is 1.83. The summed E-state index contributed by atoms with van der Waals surface area (Å²) >= 11 is 0. The van der Waals surface area contributed by atoms with Gasteiger partial charge >= 0.3 is 0 Å². The summed E-state index contributed by atoms with van der Waals surface area (Å²) in [6.45, 7) is 10.5. The van der Waals surface area contributed by atoms with Gasteiger partial charge in [-0.25, -0.2) is 9.97 Å². The summed E-state index contributed by atoms with van der Waals surface area (Å²) in [7, 11) is 0. The highest BCUT2D eigenvalue weighted by atomic mass is 15.2. The molecule has 0 fully saturated rings. The second-order valence-corrected chi connectivity index (χ2v) is 5.09. The molecule has 0 radical (unpaired) electrons. The standard InChI is InChI=1S/C14H22N4/c1-5-10-18-12-11(8-7-9-15-12)17-13(18)14(3,4)16-6-2/h7-9,16H,5-6,10H2,1-4H3. The van der Waals surface area contributed by atoms with Gasteiger partial charge in [0.05, 0.1) is 5.54 Å². The van der Waals surface area contributed by atoms with Gasteiger partial charge < -0.3 is 9.88 Å². The third-order valence-corrected chi connectivity index (χ3v) is 3.13. The average molecular weight is 246 g/mol. The van der Waals surface area contributed by atoms with Crippen LogP contribution in [0.1, 0.15) is 39.9 Å². The molecule has 98 valence electrons. The number of hydrogen-bond acceptors (Lipinski definition) is 3. The van der Waals surface area contributed by atoms with Crippen molar-refractivity contribution in [1.82, 2.24) is 19.9 Å². The molecule has 0 aliphatic rings. The molecule has 2 rings (SSSR count). The quantitative estimate of drug-likeness (QED) is 0.882. The van der Waals surface area contributed by atoms with Gasteiger partial charge in [0, 0.05) is 12.7 Å². The zero-order valence-corrected chi connectivity index (χ0v) is 11.7. The SMILES string of the molecule is CCCn1c(C(C)(C)NCC)nc2cccnc21. The Morgan fingerprint density at radius 2 is 2.11 bits per heavy atom. The van der Waals surface area contributed by atoms with Crippen molar-refractivity contribution in [3.05, 3.63) is 24.2 Å². The van der Waals surface area contributed by atoms with Gasteiger partial charge in [-0.2, -0.15) is 0 Å². The zero-order chi connectivity index (χ0) is 13.2. The molecule has 0 aromatic carbocycles. The Bertz CT molecular complexity index is 528. The largest absolute Gasteiger partial charge is 0.311 e. The molecular formula is C14H22N4. The molecule has 0 aliphatic heterocycles. The average Bonchev–Trinajstić information content (AvgIpc) is 2.70. The first-order valence-electron chi connectivity index (χ1n) is 6.67. The highest BCUT2D eigenvalue weighted by molar-refractivity contribution is 5.71. The van der Waals surface area contributed by atoms with Crippen LogP contribution in [-0.2, 0) is 12.1 Å². The van der Waals surface area contributed by atoms with Gasteiger partial charge in [-0.3, -0.25) is 0 Å². The molecule has 0 amide bonds. The fourth-order valence-corrected chi connectivity index (χ4v) is 2.39. The fraction of sp³-hybridized carbons (Fsp3) is 0.571. The highest BCUT2D eigenvalue weighted by Gasteiger charge is 2.26. The van der Waals surface area contributed by atoms with Crippen LogP contribution in [0.3, 0.4) is 0 Å². The van der Waals surface area contributed by atoms with Crippen LogP contribution in [0.4, 0.5) is 0 Å². The van der Waals surface area contributed by atoms with Crippen molar-refractivity contribution in [2.75, 3.05) is 6.54 Å².